The van der Waals surface area contributed by atoms with Gasteiger partial charge >= 0.3 is 0 Å². The van der Waals surface area contributed by atoms with Gasteiger partial charge in [0.2, 0.25) is 0 Å². The second-order valence-corrected chi connectivity index (χ2v) is 3.14. The van der Waals surface area contributed by atoms with Crippen LogP contribution in [0.3, 0.4) is 0 Å². The summed E-state index contributed by atoms with van der Waals surface area (Å²) in [6, 6.07) is 9.24. The van der Waals surface area contributed by atoms with E-state index in [2.05, 4.69) is 9.97 Å². The Morgan fingerprint density at radius 3 is 2.20 bits per heavy atom. The zero-order valence-corrected chi connectivity index (χ0v) is 8.02. The molecule has 0 aliphatic rings. The van der Waals surface area contributed by atoms with Gasteiger partial charge in [-0.15, -0.1) is 0 Å². The third-order valence-electron chi connectivity index (χ3n) is 2.03. The van der Waals surface area contributed by atoms with Crippen molar-refractivity contribution in [2.45, 2.75) is 6.92 Å². The minimum absolute atomic E-state index is 0.0776. The molecule has 2 aromatic rings. The van der Waals surface area contributed by atoms with Crippen molar-refractivity contribution >= 4 is 11.0 Å². The lowest BCUT2D eigenvalue weighted by atomic mass is 10.2. The van der Waals surface area contributed by atoms with Gasteiger partial charge in [0.1, 0.15) is 12.1 Å². The van der Waals surface area contributed by atoms with E-state index in [1.165, 1.54) is 0 Å². The fraction of sp³-hybridized carbons (Fsp3) is 0.0909. The lowest BCUT2D eigenvalue weighted by Gasteiger charge is -1.99. The number of rotatable bonds is 0. The third-order valence-corrected chi connectivity index (χ3v) is 2.03. The first kappa shape index (κ1) is 9.11. The zero-order chi connectivity index (χ0) is 10.8. The minimum Gasteiger partial charge on any atom is -0.232 e. The van der Waals surface area contributed by atoms with Crippen LogP contribution in [0.5, 0.6) is 0 Å². The Morgan fingerprint density at radius 2 is 1.60 bits per heavy atom. The van der Waals surface area contributed by atoms with Crippen LogP contribution in [0.1, 0.15) is 17.0 Å². The lowest BCUT2D eigenvalue weighted by Crippen LogP contribution is -1.95. The van der Waals surface area contributed by atoms with Crippen LogP contribution in [0.25, 0.3) is 11.0 Å². The van der Waals surface area contributed by atoms with Gasteiger partial charge in [-0.1, -0.05) is 6.07 Å². The molecule has 0 aliphatic heterocycles. The largest absolute Gasteiger partial charge is 0.232 e. The highest BCUT2D eigenvalue weighted by molar-refractivity contribution is 5.76. The van der Waals surface area contributed by atoms with Crippen LogP contribution in [0.15, 0.2) is 18.2 Å². The van der Waals surface area contributed by atoms with Gasteiger partial charge in [-0.3, -0.25) is 0 Å². The maximum Gasteiger partial charge on any atom is 0.177 e. The average Bonchev–Trinajstić information content (AvgIpc) is 2.27. The molecule has 0 spiro atoms. The molecule has 0 N–H and O–H groups in total. The molecule has 15 heavy (non-hydrogen) atoms. The summed E-state index contributed by atoms with van der Waals surface area (Å²) in [4.78, 5) is 8.14. The van der Waals surface area contributed by atoms with Gasteiger partial charge in [-0.25, -0.2) is 9.97 Å². The van der Waals surface area contributed by atoms with Crippen molar-refractivity contribution in [3.8, 4) is 12.1 Å². The maximum atomic E-state index is 8.77. The molecule has 0 saturated carbocycles. The van der Waals surface area contributed by atoms with Crippen LogP contribution in [0.2, 0.25) is 0 Å². The Morgan fingerprint density at radius 1 is 1.00 bits per heavy atom. The normalized spacial score (nSPS) is 9.53. The second kappa shape index (κ2) is 3.36. The molecule has 0 saturated heterocycles. The van der Waals surface area contributed by atoms with Gasteiger partial charge in [0, 0.05) is 0 Å². The first-order valence-corrected chi connectivity index (χ1v) is 4.33. The number of aromatic nitrogens is 2. The predicted molar refractivity (Wildman–Crippen MR) is 53.7 cm³/mol. The molecule has 0 fully saturated rings. The summed E-state index contributed by atoms with van der Waals surface area (Å²) in [5.41, 5.74) is 2.48. The van der Waals surface area contributed by atoms with Crippen molar-refractivity contribution < 1.29 is 0 Å². The molecule has 1 aromatic carbocycles. The van der Waals surface area contributed by atoms with E-state index in [1.807, 2.05) is 31.2 Å². The minimum atomic E-state index is 0.0776. The van der Waals surface area contributed by atoms with E-state index in [0.717, 1.165) is 5.56 Å². The maximum absolute atomic E-state index is 8.77. The summed E-state index contributed by atoms with van der Waals surface area (Å²) in [5.74, 6) is 0. The molecule has 0 aliphatic carbocycles. The van der Waals surface area contributed by atoms with E-state index in [0.29, 0.717) is 11.0 Å². The highest BCUT2D eigenvalue weighted by Gasteiger charge is 2.07. The van der Waals surface area contributed by atoms with Gasteiger partial charge in [0.25, 0.3) is 0 Å². The van der Waals surface area contributed by atoms with Crippen LogP contribution in [-0.2, 0) is 0 Å². The number of benzene rings is 1. The van der Waals surface area contributed by atoms with Gasteiger partial charge in [0.05, 0.1) is 11.0 Å². The van der Waals surface area contributed by atoms with Gasteiger partial charge in [0.15, 0.2) is 11.4 Å². The van der Waals surface area contributed by atoms with E-state index in [4.69, 9.17) is 10.5 Å². The van der Waals surface area contributed by atoms with Crippen LogP contribution in [-0.4, -0.2) is 9.97 Å². The summed E-state index contributed by atoms with van der Waals surface area (Å²) < 4.78 is 0. The molecular weight excluding hydrogens is 188 g/mol. The van der Waals surface area contributed by atoms with Crippen molar-refractivity contribution in [3.05, 3.63) is 35.2 Å². The molecule has 2 rings (SSSR count). The molecule has 0 radical (unpaired) electrons. The molecule has 0 unspecified atom stereocenters. The summed E-state index contributed by atoms with van der Waals surface area (Å²) in [6.07, 6.45) is 0. The summed E-state index contributed by atoms with van der Waals surface area (Å²) in [7, 11) is 0. The van der Waals surface area contributed by atoms with Crippen LogP contribution >= 0.6 is 0 Å². The molecule has 0 atom stereocenters. The number of hydrogen-bond donors (Lipinski definition) is 0. The Bertz CT molecular complexity index is 617. The Labute approximate surface area is 86.4 Å². The van der Waals surface area contributed by atoms with Crippen molar-refractivity contribution in [2.24, 2.45) is 0 Å². The van der Waals surface area contributed by atoms with Gasteiger partial charge in [-0.05, 0) is 24.6 Å². The van der Waals surface area contributed by atoms with Crippen molar-refractivity contribution in [3.63, 3.8) is 0 Å². The highest BCUT2D eigenvalue weighted by atomic mass is 14.8. The number of nitriles is 2. The summed E-state index contributed by atoms with van der Waals surface area (Å²) in [6.45, 7) is 1.94. The van der Waals surface area contributed by atoms with E-state index in [9.17, 15) is 0 Å². The molecule has 4 heteroatoms. The summed E-state index contributed by atoms with van der Waals surface area (Å²) in [5, 5.41) is 17.5. The number of fused-ring (bicyclic) bond motifs is 1. The van der Waals surface area contributed by atoms with Gasteiger partial charge < -0.3 is 0 Å². The first-order valence-electron chi connectivity index (χ1n) is 4.33. The van der Waals surface area contributed by atoms with E-state index >= 15 is 0 Å². The van der Waals surface area contributed by atoms with Crippen LogP contribution in [0, 0.1) is 29.6 Å². The van der Waals surface area contributed by atoms with Crippen LogP contribution in [0.4, 0.5) is 0 Å². The SMILES string of the molecule is Cc1ccc2nc(C#N)c(C#N)nc2c1. The second-order valence-electron chi connectivity index (χ2n) is 3.14. The van der Waals surface area contributed by atoms with Crippen LogP contribution < -0.4 is 0 Å². The number of hydrogen-bond acceptors (Lipinski definition) is 4. The smallest absolute Gasteiger partial charge is 0.177 e. The standard InChI is InChI=1S/C11H6N4/c1-7-2-3-8-9(4-7)15-11(6-13)10(5-12)14-8/h2-4H,1H3. The number of aryl methyl sites for hydroxylation is 1. The molecular formula is C11H6N4. The van der Waals surface area contributed by atoms with E-state index in [1.54, 1.807) is 6.07 Å². The third kappa shape index (κ3) is 1.49. The molecule has 1 heterocycles. The molecule has 0 amide bonds. The van der Waals surface area contributed by atoms with E-state index < -0.39 is 0 Å². The monoisotopic (exact) mass is 194 g/mol. The Kier molecular flexibility index (Phi) is 2.04. The molecule has 1 aromatic heterocycles. The molecule has 4 nitrogen and oxygen atoms in total. The lowest BCUT2D eigenvalue weighted by molar-refractivity contribution is 1.19. The first-order chi connectivity index (χ1) is 7.24. The highest BCUT2D eigenvalue weighted by Crippen LogP contribution is 2.13. The number of nitrogens with zero attached hydrogens (tertiary/aromatic N) is 4. The van der Waals surface area contributed by atoms with Crippen molar-refractivity contribution in [2.75, 3.05) is 0 Å². The fourth-order valence-electron chi connectivity index (χ4n) is 1.32. The topological polar surface area (TPSA) is 73.4 Å². The predicted octanol–water partition coefficient (Wildman–Crippen LogP) is 1.68. The molecule has 70 valence electrons. The Hall–Kier alpha value is -2.46. The quantitative estimate of drug-likeness (QED) is 0.639. The average molecular weight is 194 g/mol. The van der Waals surface area contributed by atoms with Gasteiger partial charge in [-0.2, -0.15) is 10.5 Å². The van der Waals surface area contributed by atoms with Crippen molar-refractivity contribution in [1.29, 1.82) is 10.5 Å². The Balaban J connectivity index is 2.84. The fourth-order valence-corrected chi connectivity index (χ4v) is 1.32. The van der Waals surface area contributed by atoms with E-state index in [-0.39, 0.29) is 11.4 Å². The zero-order valence-electron chi connectivity index (χ0n) is 8.02. The summed E-state index contributed by atoms with van der Waals surface area (Å²) >= 11 is 0. The van der Waals surface area contributed by atoms with Crippen molar-refractivity contribution in [1.82, 2.24) is 9.97 Å². The molecule has 0 bridgehead atoms.